The maximum absolute atomic E-state index is 12.9. The van der Waals surface area contributed by atoms with E-state index in [0.29, 0.717) is 0 Å². The largest absolute Gasteiger partial charge is 0.196 e. The Morgan fingerprint density at radius 3 is 2.38 bits per heavy atom. The molecular weight excluding hydrogens is 261 g/mol. The van der Waals surface area contributed by atoms with Crippen molar-refractivity contribution in [3.05, 3.63) is 47.3 Å². The minimum Gasteiger partial charge on any atom is -0.195 e. The highest BCUT2D eigenvalue weighted by atomic mass is 19.1. The molecule has 0 aromatic heterocycles. The van der Waals surface area contributed by atoms with Crippen molar-refractivity contribution in [2.24, 2.45) is 11.8 Å². The highest BCUT2D eigenvalue weighted by Crippen LogP contribution is 2.33. The molecule has 0 saturated heterocycles. The SMILES string of the molecule is CCc1ccc(CC[C@H]2CC[C@H](C=C(F)C#N)CC2)cc1. The summed E-state index contributed by atoms with van der Waals surface area (Å²) in [5, 5.41) is 8.47. The van der Waals surface area contributed by atoms with Crippen molar-refractivity contribution in [2.75, 3.05) is 0 Å². The number of halogens is 1. The number of aryl methyl sites for hydroxylation is 2. The standard InChI is InChI=1S/C19H24FN/c1-2-15-3-5-16(6-4-15)7-8-17-9-11-18(12-10-17)13-19(20)14-21/h3-6,13,17-18H,2,7-12H2,1H3/t17-,18-. The number of allylic oxidation sites excluding steroid dienone is 2. The van der Waals surface area contributed by atoms with Crippen LogP contribution in [-0.4, -0.2) is 0 Å². The first-order chi connectivity index (χ1) is 10.2. The lowest BCUT2D eigenvalue weighted by Gasteiger charge is -2.26. The van der Waals surface area contributed by atoms with Crippen molar-refractivity contribution in [1.29, 1.82) is 5.26 Å². The Morgan fingerprint density at radius 2 is 1.81 bits per heavy atom. The Bertz CT molecular complexity index is 501. The van der Waals surface area contributed by atoms with Crippen molar-refractivity contribution in [3.8, 4) is 6.07 Å². The van der Waals surface area contributed by atoms with E-state index in [1.165, 1.54) is 23.6 Å². The van der Waals surface area contributed by atoms with E-state index in [9.17, 15) is 4.39 Å². The molecule has 0 radical (unpaired) electrons. The number of hydrogen-bond acceptors (Lipinski definition) is 1. The molecule has 0 amide bonds. The van der Waals surface area contributed by atoms with Gasteiger partial charge in [0.2, 0.25) is 0 Å². The topological polar surface area (TPSA) is 23.8 Å². The predicted molar refractivity (Wildman–Crippen MR) is 84.4 cm³/mol. The van der Waals surface area contributed by atoms with E-state index in [1.807, 2.05) is 0 Å². The van der Waals surface area contributed by atoms with Crippen molar-refractivity contribution in [1.82, 2.24) is 0 Å². The lowest BCUT2D eigenvalue weighted by atomic mass is 9.79. The monoisotopic (exact) mass is 285 g/mol. The fourth-order valence-corrected chi connectivity index (χ4v) is 3.20. The molecule has 0 aliphatic heterocycles. The Balaban J connectivity index is 1.75. The van der Waals surface area contributed by atoms with Gasteiger partial charge >= 0.3 is 0 Å². The molecule has 0 heterocycles. The number of hydrogen-bond donors (Lipinski definition) is 0. The van der Waals surface area contributed by atoms with Crippen LogP contribution in [0.4, 0.5) is 4.39 Å². The second-order valence-corrected chi connectivity index (χ2v) is 6.12. The molecule has 0 bridgehead atoms. The highest BCUT2D eigenvalue weighted by Gasteiger charge is 2.20. The Labute approximate surface area is 127 Å². The zero-order valence-corrected chi connectivity index (χ0v) is 12.8. The van der Waals surface area contributed by atoms with Gasteiger partial charge in [0.1, 0.15) is 6.07 Å². The summed E-state index contributed by atoms with van der Waals surface area (Å²) in [6.45, 7) is 2.18. The zero-order chi connectivity index (χ0) is 15.1. The van der Waals surface area contributed by atoms with Crippen LogP contribution < -0.4 is 0 Å². The smallest absolute Gasteiger partial charge is 0.195 e. The van der Waals surface area contributed by atoms with Gasteiger partial charge in [0.05, 0.1) is 0 Å². The summed E-state index contributed by atoms with van der Waals surface area (Å²) in [4.78, 5) is 0. The molecule has 2 heteroatoms. The Hall–Kier alpha value is -1.62. The van der Waals surface area contributed by atoms with Crippen LogP contribution in [0.25, 0.3) is 0 Å². The minimum atomic E-state index is -0.616. The van der Waals surface area contributed by atoms with E-state index in [1.54, 1.807) is 6.07 Å². The van der Waals surface area contributed by atoms with E-state index in [2.05, 4.69) is 31.2 Å². The molecule has 0 spiro atoms. The lowest BCUT2D eigenvalue weighted by Crippen LogP contribution is -2.14. The number of nitriles is 1. The van der Waals surface area contributed by atoms with Crippen LogP contribution in [0.3, 0.4) is 0 Å². The Morgan fingerprint density at radius 1 is 1.19 bits per heavy atom. The third-order valence-corrected chi connectivity index (χ3v) is 4.65. The summed E-state index contributed by atoms with van der Waals surface area (Å²) >= 11 is 0. The summed E-state index contributed by atoms with van der Waals surface area (Å²) in [7, 11) is 0. The number of benzene rings is 1. The maximum Gasteiger partial charge on any atom is 0.196 e. The second kappa shape index (κ2) is 7.98. The van der Waals surface area contributed by atoms with Crippen LogP contribution in [0, 0.1) is 23.2 Å². The number of rotatable bonds is 5. The van der Waals surface area contributed by atoms with Gasteiger partial charge in [0.15, 0.2) is 5.83 Å². The summed E-state index contributed by atoms with van der Waals surface area (Å²) in [6.07, 6.45) is 9.34. The lowest BCUT2D eigenvalue weighted by molar-refractivity contribution is 0.294. The van der Waals surface area contributed by atoms with Gasteiger partial charge in [-0.05, 0) is 74.0 Å². The van der Waals surface area contributed by atoms with Crippen LogP contribution >= 0.6 is 0 Å². The van der Waals surface area contributed by atoms with E-state index < -0.39 is 5.83 Å². The van der Waals surface area contributed by atoms with Gasteiger partial charge < -0.3 is 0 Å². The molecule has 0 atom stereocenters. The summed E-state index contributed by atoms with van der Waals surface area (Å²) in [5.41, 5.74) is 2.82. The molecule has 1 nitrogen and oxygen atoms in total. The van der Waals surface area contributed by atoms with Gasteiger partial charge in [-0.15, -0.1) is 0 Å². The highest BCUT2D eigenvalue weighted by molar-refractivity contribution is 5.22. The van der Waals surface area contributed by atoms with Crippen LogP contribution in [0.1, 0.15) is 50.2 Å². The van der Waals surface area contributed by atoms with E-state index in [-0.39, 0.29) is 5.92 Å². The van der Waals surface area contributed by atoms with E-state index in [4.69, 9.17) is 5.26 Å². The summed E-state index contributed by atoms with van der Waals surface area (Å²) in [5.74, 6) is 0.407. The van der Waals surface area contributed by atoms with Crippen molar-refractivity contribution in [3.63, 3.8) is 0 Å². The van der Waals surface area contributed by atoms with Crippen molar-refractivity contribution in [2.45, 2.75) is 51.9 Å². The van der Waals surface area contributed by atoms with Gasteiger partial charge in [-0.2, -0.15) is 9.65 Å². The minimum absolute atomic E-state index is 0.268. The zero-order valence-electron chi connectivity index (χ0n) is 12.8. The molecular formula is C19H24FN. The van der Waals surface area contributed by atoms with E-state index in [0.717, 1.165) is 44.4 Å². The molecule has 2 rings (SSSR count). The fourth-order valence-electron chi connectivity index (χ4n) is 3.20. The molecule has 1 aliphatic rings. The van der Waals surface area contributed by atoms with Gasteiger partial charge in [-0.1, -0.05) is 31.2 Å². The normalized spacial score (nSPS) is 22.8. The van der Waals surface area contributed by atoms with Crippen molar-refractivity contribution >= 4 is 0 Å². The molecule has 0 unspecified atom stereocenters. The van der Waals surface area contributed by atoms with E-state index >= 15 is 0 Å². The first-order valence-corrected chi connectivity index (χ1v) is 8.06. The average molecular weight is 285 g/mol. The molecule has 1 aromatic rings. The first-order valence-electron chi connectivity index (χ1n) is 8.06. The van der Waals surface area contributed by atoms with Crippen LogP contribution in [-0.2, 0) is 12.8 Å². The third-order valence-electron chi connectivity index (χ3n) is 4.65. The van der Waals surface area contributed by atoms with Gasteiger partial charge in [0, 0.05) is 0 Å². The summed E-state index contributed by atoms with van der Waals surface area (Å²) in [6, 6.07) is 10.5. The van der Waals surface area contributed by atoms with Crippen LogP contribution in [0.5, 0.6) is 0 Å². The quantitative estimate of drug-likeness (QED) is 0.668. The predicted octanol–water partition coefficient (Wildman–Crippen LogP) is 5.36. The Kier molecular flexibility index (Phi) is 5.99. The number of nitrogens with zero attached hydrogens (tertiary/aromatic N) is 1. The van der Waals surface area contributed by atoms with Crippen LogP contribution in [0.15, 0.2) is 36.2 Å². The molecule has 1 aromatic carbocycles. The second-order valence-electron chi connectivity index (χ2n) is 6.12. The first kappa shape index (κ1) is 15.8. The molecule has 1 saturated carbocycles. The van der Waals surface area contributed by atoms with Gasteiger partial charge in [-0.3, -0.25) is 0 Å². The molecule has 112 valence electrons. The molecule has 1 aliphatic carbocycles. The maximum atomic E-state index is 12.9. The van der Waals surface area contributed by atoms with Gasteiger partial charge in [0.25, 0.3) is 0 Å². The van der Waals surface area contributed by atoms with Crippen LogP contribution in [0.2, 0.25) is 0 Å². The average Bonchev–Trinajstić information content (AvgIpc) is 2.54. The third kappa shape index (κ3) is 5.01. The fraction of sp³-hybridized carbons (Fsp3) is 0.526. The summed E-state index contributed by atoms with van der Waals surface area (Å²) < 4.78 is 12.9. The molecule has 0 N–H and O–H groups in total. The molecule has 1 fully saturated rings. The van der Waals surface area contributed by atoms with Crippen molar-refractivity contribution < 1.29 is 4.39 Å². The van der Waals surface area contributed by atoms with Gasteiger partial charge in [-0.25, -0.2) is 0 Å². The molecule has 21 heavy (non-hydrogen) atoms.